The molecule has 3 saturated heterocycles. The minimum atomic E-state index is -2.22. The molecule has 109 heavy (non-hydrogen) atoms. The van der Waals surface area contributed by atoms with E-state index in [2.05, 4.69) is 60.1 Å². The standard InChI is InChI=1S/C72H118N14O23/c1-10-11-12-13-14-15-16-17-18-19-20-22-46-33-53(95)79-56(39(5)87)66(101)76-38(4)62(97)78-48(31-43-24-26-45(108-9)27-25-43)63(98)81-55(37(2)3)70(105)86-36-44(91)32-49(86)64(99)82-58(41(7)89)68(103)83-59(42(8)90)71(106)85-30-28-50(92)61(85)69(104)84-60(51(93)34-52(74)94)65(100)75-35-54(96)80-57(40(6)88)67(102)77-47(23-21-29-73)72(107)109-46/h24-27,37-42,44,46-51,55-61,87-93H,10-23,28-36,73H2,1-9H3,(H2,74,94)(H,75,100)(H,76,101)(H,77,102)(H,78,97)(H,79,95)(H,80,96)(H,81,98)(H,82,99)(H,83,103)(H,84,104)/t38-,39-,40-,41-,42-,44-,46-,47+,48+,49+,50+,51-,55+,56-,57-,58-,59+,60+,61+/m1/s1. The number of nitrogens with zero attached hydrogens (tertiary/aromatic N) is 2. The van der Waals surface area contributed by atoms with E-state index in [0.29, 0.717) is 29.1 Å². The minimum Gasteiger partial charge on any atom is -0.497 e. The Morgan fingerprint density at radius 2 is 1.06 bits per heavy atom. The second-order valence-electron chi connectivity index (χ2n) is 28.8. The van der Waals surface area contributed by atoms with Crippen LogP contribution in [0.5, 0.6) is 5.75 Å². The van der Waals surface area contributed by atoms with Crippen molar-refractivity contribution in [3.05, 3.63) is 29.8 Å². The Hall–Kier alpha value is -8.72. The van der Waals surface area contributed by atoms with E-state index in [0.717, 1.165) is 77.0 Å². The van der Waals surface area contributed by atoms with E-state index in [4.69, 9.17) is 20.9 Å². The van der Waals surface area contributed by atoms with E-state index in [9.17, 15) is 103 Å². The van der Waals surface area contributed by atoms with Crippen LogP contribution in [0.25, 0.3) is 0 Å². The number of amides is 13. The van der Waals surface area contributed by atoms with Crippen molar-refractivity contribution in [1.29, 1.82) is 0 Å². The van der Waals surface area contributed by atoms with Crippen LogP contribution in [0.4, 0.5) is 0 Å². The first-order valence-electron chi connectivity index (χ1n) is 37.6. The first-order chi connectivity index (χ1) is 51.4. The molecule has 0 bridgehead atoms. The Morgan fingerprint density at radius 1 is 0.560 bits per heavy atom. The molecule has 614 valence electrons. The van der Waals surface area contributed by atoms with Crippen molar-refractivity contribution >= 4 is 82.8 Å². The molecule has 0 unspecified atom stereocenters. The zero-order valence-corrected chi connectivity index (χ0v) is 63.8. The Balaban J connectivity index is 1.81. The van der Waals surface area contributed by atoms with Gasteiger partial charge in [-0.15, -0.1) is 0 Å². The molecular formula is C72H118N14O23. The molecular weight excluding hydrogens is 1430 g/mol. The van der Waals surface area contributed by atoms with Crippen molar-refractivity contribution in [2.24, 2.45) is 17.4 Å². The van der Waals surface area contributed by atoms with Gasteiger partial charge in [-0.05, 0) is 96.9 Å². The van der Waals surface area contributed by atoms with E-state index >= 15 is 0 Å². The van der Waals surface area contributed by atoms with Crippen molar-refractivity contribution < 1.29 is 112 Å². The highest BCUT2D eigenvalue weighted by Gasteiger charge is 2.48. The summed E-state index contributed by atoms with van der Waals surface area (Å²) in [7, 11) is 1.43. The van der Waals surface area contributed by atoms with E-state index in [1.807, 2.05) is 0 Å². The predicted molar refractivity (Wildman–Crippen MR) is 390 cm³/mol. The maximum atomic E-state index is 14.8. The second-order valence-corrected chi connectivity index (χ2v) is 28.8. The van der Waals surface area contributed by atoms with Gasteiger partial charge in [-0.25, -0.2) is 4.79 Å². The van der Waals surface area contributed by atoms with Crippen molar-refractivity contribution in [1.82, 2.24) is 63.0 Å². The van der Waals surface area contributed by atoms with Crippen molar-refractivity contribution in [3.8, 4) is 5.75 Å². The predicted octanol–water partition coefficient (Wildman–Crippen LogP) is -5.17. The van der Waals surface area contributed by atoms with E-state index in [1.165, 1.54) is 27.4 Å². The smallest absolute Gasteiger partial charge is 0.328 e. The largest absolute Gasteiger partial charge is 0.497 e. The normalized spacial score (nSPS) is 28.0. The highest BCUT2D eigenvalue weighted by Crippen LogP contribution is 2.25. The van der Waals surface area contributed by atoms with Gasteiger partial charge in [-0.1, -0.05) is 97.1 Å². The molecule has 1 aromatic carbocycles. The summed E-state index contributed by atoms with van der Waals surface area (Å²) in [6.45, 7) is 8.80. The number of esters is 1. The number of aliphatic hydroxyl groups excluding tert-OH is 7. The molecule has 3 aliphatic heterocycles. The second kappa shape index (κ2) is 46.1. The molecule has 19 atom stereocenters. The third-order valence-corrected chi connectivity index (χ3v) is 19.2. The quantitative estimate of drug-likeness (QED) is 0.0305. The number of rotatable bonds is 26. The Bertz CT molecular complexity index is 3220. The minimum absolute atomic E-state index is 0.0124. The third-order valence-electron chi connectivity index (χ3n) is 19.2. The number of cyclic esters (lactones) is 1. The van der Waals surface area contributed by atoms with Crippen LogP contribution in [0.3, 0.4) is 0 Å². The van der Waals surface area contributed by atoms with Gasteiger partial charge < -0.3 is 120 Å². The van der Waals surface area contributed by atoms with E-state index in [-0.39, 0.29) is 38.6 Å². The summed E-state index contributed by atoms with van der Waals surface area (Å²) in [4.78, 5) is 199. The number of fused-ring (bicyclic) bond motifs is 2. The lowest BCUT2D eigenvalue weighted by Gasteiger charge is -2.34. The zero-order chi connectivity index (χ0) is 81.5. The number of benzene rings is 1. The van der Waals surface area contributed by atoms with Gasteiger partial charge in [0.05, 0.1) is 69.2 Å². The number of hydrogen-bond donors (Lipinski definition) is 19. The van der Waals surface area contributed by atoms with Crippen LogP contribution in [-0.4, -0.2) is 277 Å². The van der Waals surface area contributed by atoms with Crippen LogP contribution in [-0.2, 0) is 78.3 Å². The van der Waals surface area contributed by atoms with Crippen LogP contribution >= 0.6 is 0 Å². The highest BCUT2D eigenvalue weighted by atomic mass is 16.5. The lowest BCUT2D eigenvalue weighted by Crippen LogP contribution is -2.64. The van der Waals surface area contributed by atoms with Crippen LogP contribution in [0.15, 0.2) is 24.3 Å². The summed E-state index contributed by atoms with van der Waals surface area (Å²) < 4.78 is 11.3. The van der Waals surface area contributed by atoms with Crippen LogP contribution < -0.4 is 69.4 Å². The van der Waals surface area contributed by atoms with Crippen LogP contribution in [0.1, 0.15) is 177 Å². The number of primary amides is 1. The van der Waals surface area contributed by atoms with Gasteiger partial charge in [0.15, 0.2) is 0 Å². The summed E-state index contributed by atoms with van der Waals surface area (Å²) in [6, 6.07) is -13.3. The molecule has 37 heteroatoms. The molecule has 0 aromatic heterocycles. The monoisotopic (exact) mass is 1550 g/mol. The van der Waals surface area contributed by atoms with Gasteiger partial charge >= 0.3 is 5.97 Å². The number of nitrogens with one attached hydrogen (secondary N) is 10. The first-order valence-corrected chi connectivity index (χ1v) is 37.6. The maximum absolute atomic E-state index is 14.8. The van der Waals surface area contributed by atoms with E-state index < -0.39 is 243 Å². The summed E-state index contributed by atoms with van der Waals surface area (Å²) in [6.07, 6.45) is -5.77. The Kier molecular flexibility index (Phi) is 39.2. The SMILES string of the molecule is CCCCCCCCCCCCC[C@@H]1CC(=O)N[C@H]([C@@H](C)O)C(=O)N[C@H](C)C(=O)N[C@@H](Cc2ccc(OC)cc2)C(=O)N[C@@H](C(C)C)C(=O)N2C[C@H](O)C[C@H]2C(=O)N[C@H]([C@@H](C)O)C(=O)N[C@@H]([C@@H](C)O)C(=O)N2CC[C@H](O)[C@H]2C(=O)N[C@@H]([C@H](O)CC(N)=O)C(=O)NCC(=O)N[C@H]([C@@H](C)O)C(=O)N[C@@H](CCCN)C(=O)O1. The number of carbonyl (C=O) groups is 14. The number of ether oxygens (including phenoxy) is 2. The van der Waals surface area contributed by atoms with Crippen LogP contribution in [0, 0.1) is 5.92 Å². The number of carbonyl (C=O) groups excluding carboxylic acids is 14. The summed E-state index contributed by atoms with van der Waals surface area (Å²) >= 11 is 0. The lowest BCUT2D eigenvalue weighted by molar-refractivity contribution is -0.155. The molecule has 37 nitrogen and oxygen atoms in total. The molecule has 1 aromatic rings. The Morgan fingerprint density at radius 3 is 1.61 bits per heavy atom. The van der Waals surface area contributed by atoms with Crippen molar-refractivity contribution in [3.63, 3.8) is 0 Å². The molecule has 3 fully saturated rings. The molecule has 21 N–H and O–H groups in total. The maximum Gasteiger partial charge on any atom is 0.328 e. The topological polar surface area (TPSA) is 578 Å². The zero-order valence-electron chi connectivity index (χ0n) is 63.8. The van der Waals surface area contributed by atoms with E-state index in [1.54, 1.807) is 38.1 Å². The molecule has 0 spiro atoms. The molecule has 3 heterocycles. The Labute approximate surface area is 634 Å². The fraction of sp³-hybridized carbons (Fsp3) is 0.722. The van der Waals surface area contributed by atoms with Gasteiger partial charge in [-0.2, -0.15) is 0 Å². The first kappa shape index (κ1) is 92.7. The highest BCUT2D eigenvalue weighted by molar-refractivity contribution is 6.00. The molecule has 0 aliphatic carbocycles. The number of hydrogen-bond acceptors (Lipinski definition) is 24. The van der Waals surface area contributed by atoms with Gasteiger partial charge in [-0.3, -0.25) is 62.3 Å². The molecule has 4 rings (SSSR count). The molecule has 13 amide bonds. The molecule has 0 radical (unpaired) electrons. The molecule has 3 aliphatic rings. The average molecular weight is 1550 g/mol. The fourth-order valence-corrected chi connectivity index (χ4v) is 12.9. The third kappa shape index (κ3) is 29.6. The molecule has 0 saturated carbocycles. The summed E-state index contributed by atoms with van der Waals surface area (Å²) in [5, 5.41) is 101. The average Bonchev–Trinajstić information content (AvgIpc) is 1.68. The number of nitrogens with two attached hydrogens (primary N) is 2. The number of methoxy groups -OCH3 is 1. The number of unbranched alkanes of at least 4 members (excludes halogenated alkanes) is 10. The lowest BCUT2D eigenvalue weighted by atomic mass is 9.99. The van der Waals surface area contributed by atoms with Crippen molar-refractivity contribution in [2.75, 3.05) is 33.3 Å². The summed E-state index contributed by atoms with van der Waals surface area (Å²) in [5.41, 5.74) is 11.6. The summed E-state index contributed by atoms with van der Waals surface area (Å²) in [5.74, 6) is -16.4. The fourth-order valence-electron chi connectivity index (χ4n) is 12.9. The van der Waals surface area contributed by atoms with Gasteiger partial charge in [0.2, 0.25) is 76.8 Å². The van der Waals surface area contributed by atoms with Gasteiger partial charge in [0, 0.05) is 25.9 Å². The van der Waals surface area contributed by atoms with Crippen molar-refractivity contribution in [2.45, 2.75) is 293 Å². The van der Waals surface area contributed by atoms with Gasteiger partial charge in [0.25, 0.3) is 0 Å². The van der Waals surface area contributed by atoms with Gasteiger partial charge in [0.1, 0.15) is 78.3 Å². The van der Waals surface area contributed by atoms with Crippen LogP contribution in [0.2, 0.25) is 0 Å². The number of aliphatic hydroxyl groups is 7.